The molecular formula is C19H17ClFNO3. The molecule has 1 N–H and O–H groups in total. The number of nitrogens with one attached hydrogen (secondary N) is 1. The Hall–Kier alpha value is -2.40. The van der Waals surface area contributed by atoms with E-state index in [1.807, 2.05) is 12.1 Å². The summed E-state index contributed by atoms with van der Waals surface area (Å²) >= 11 is 5.76. The van der Waals surface area contributed by atoms with Crippen molar-refractivity contribution in [2.45, 2.75) is 25.7 Å². The van der Waals surface area contributed by atoms with Gasteiger partial charge < -0.3 is 10.1 Å². The molecule has 4 nitrogen and oxygen atoms in total. The van der Waals surface area contributed by atoms with Gasteiger partial charge in [0.15, 0.2) is 6.61 Å². The highest BCUT2D eigenvalue weighted by atomic mass is 35.5. The minimum absolute atomic E-state index is 0.0534. The van der Waals surface area contributed by atoms with E-state index in [0.717, 1.165) is 37.3 Å². The molecule has 0 aliphatic heterocycles. The van der Waals surface area contributed by atoms with Gasteiger partial charge >= 0.3 is 5.97 Å². The van der Waals surface area contributed by atoms with E-state index < -0.39 is 24.3 Å². The van der Waals surface area contributed by atoms with Crippen LogP contribution in [0.4, 0.5) is 10.1 Å². The van der Waals surface area contributed by atoms with Crippen LogP contribution in [0, 0.1) is 5.82 Å². The average molecular weight is 362 g/mol. The Labute approximate surface area is 149 Å². The molecule has 6 heteroatoms. The van der Waals surface area contributed by atoms with Crippen molar-refractivity contribution >= 4 is 29.2 Å². The number of carbonyl (C=O) groups is 2. The lowest BCUT2D eigenvalue weighted by atomic mass is 9.90. The van der Waals surface area contributed by atoms with Crippen LogP contribution in [-0.4, -0.2) is 18.5 Å². The van der Waals surface area contributed by atoms with Gasteiger partial charge in [-0.2, -0.15) is 0 Å². The number of ether oxygens (including phenoxy) is 1. The summed E-state index contributed by atoms with van der Waals surface area (Å²) in [5.74, 6) is -1.82. The second-order valence-corrected chi connectivity index (χ2v) is 6.38. The van der Waals surface area contributed by atoms with E-state index in [4.69, 9.17) is 16.3 Å². The second-order valence-electron chi connectivity index (χ2n) is 5.94. The van der Waals surface area contributed by atoms with Gasteiger partial charge in [-0.25, -0.2) is 9.18 Å². The van der Waals surface area contributed by atoms with Crippen molar-refractivity contribution in [1.29, 1.82) is 0 Å². The molecule has 0 fully saturated rings. The van der Waals surface area contributed by atoms with Crippen LogP contribution in [0.3, 0.4) is 0 Å². The highest BCUT2D eigenvalue weighted by Gasteiger charge is 2.15. The molecule has 1 aliphatic rings. The summed E-state index contributed by atoms with van der Waals surface area (Å²) in [5.41, 5.74) is 2.79. The lowest BCUT2D eigenvalue weighted by Gasteiger charge is -2.16. The Morgan fingerprint density at radius 2 is 1.84 bits per heavy atom. The normalized spacial score (nSPS) is 13.0. The van der Waals surface area contributed by atoms with Crippen LogP contribution < -0.4 is 5.32 Å². The zero-order chi connectivity index (χ0) is 17.8. The third-order valence-corrected chi connectivity index (χ3v) is 4.36. The smallest absolute Gasteiger partial charge is 0.338 e. The summed E-state index contributed by atoms with van der Waals surface area (Å²) in [6.07, 6.45) is 4.25. The molecule has 130 valence electrons. The first-order valence-corrected chi connectivity index (χ1v) is 8.44. The lowest BCUT2D eigenvalue weighted by molar-refractivity contribution is -0.119. The molecule has 0 spiro atoms. The van der Waals surface area contributed by atoms with Crippen molar-refractivity contribution in [3.05, 3.63) is 63.9 Å². The Morgan fingerprint density at radius 3 is 2.64 bits per heavy atom. The molecule has 0 aromatic heterocycles. The molecule has 25 heavy (non-hydrogen) atoms. The van der Waals surface area contributed by atoms with Gasteiger partial charge in [0.05, 0.1) is 11.3 Å². The van der Waals surface area contributed by atoms with E-state index in [1.54, 1.807) is 6.07 Å². The van der Waals surface area contributed by atoms with E-state index in [2.05, 4.69) is 5.32 Å². The summed E-state index contributed by atoms with van der Waals surface area (Å²) < 4.78 is 18.6. The molecule has 1 aliphatic carbocycles. The molecule has 0 radical (unpaired) electrons. The molecule has 0 bridgehead atoms. The zero-order valence-corrected chi connectivity index (χ0v) is 14.2. The molecule has 3 rings (SSSR count). The van der Waals surface area contributed by atoms with Crippen LogP contribution in [0.2, 0.25) is 5.02 Å². The topological polar surface area (TPSA) is 55.4 Å². The van der Waals surface area contributed by atoms with E-state index in [0.29, 0.717) is 10.6 Å². The van der Waals surface area contributed by atoms with Crippen LogP contribution in [0.15, 0.2) is 36.4 Å². The number of hydrogen-bond acceptors (Lipinski definition) is 3. The van der Waals surface area contributed by atoms with Crippen molar-refractivity contribution in [1.82, 2.24) is 0 Å². The maximum atomic E-state index is 13.6. The highest BCUT2D eigenvalue weighted by Crippen LogP contribution is 2.23. The zero-order valence-electron chi connectivity index (χ0n) is 13.5. The minimum Gasteiger partial charge on any atom is -0.452 e. The van der Waals surface area contributed by atoms with Crippen LogP contribution in [0.25, 0.3) is 0 Å². The Bertz CT molecular complexity index is 822. The highest BCUT2D eigenvalue weighted by molar-refractivity contribution is 6.30. The summed E-state index contributed by atoms with van der Waals surface area (Å²) in [6.45, 7) is -0.498. The second kappa shape index (κ2) is 7.66. The van der Waals surface area contributed by atoms with Gasteiger partial charge in [0.1, 0.15) is 5.82 Å². The Morgan fingerprint density at radius 1 is 1.08 bits per heavy atom. The van der Waals surface area contributed by atoms with Gasteiger partial charge in [-0.1, -0.05) is 17.7 Å². The average Bonchev–Trinajstić information content (AvgIpc) is 2.62. The van der Waals surface area contributed by atoms with Gasteiger partial charge in [0.25, 0.3) is 5.91 Å². The molecule has 0 unspecified atom stereocenters. The third-order valence-electron chi connectivity index (χ3n) is 4.12. The first kappa shape index (κ1) is 17.4. The van der Waals surface area contributed by atoms with E-state index in [-0.39, 0.29) is 5.69 Å². The Balaban J connectivity index is 1.58. The number of carbonyl (C=O) groups excluding carboxylic acids is 2. The first-order valence-electron chi connectivity index (χ1n) is 8.07. The summed E-state index contributed by atoms with van der Waals surface area (Å²) in [5, 5.41) is 2.63. The number of hydrogen-bond donors (Lipinski definition) is 1. The van der Waals surface area contributed by atoms with Gasteiger partial charge in [0.2, 0.25) is 0 Å². The summed E-state index contributed by atoms with van der Waals surface area (Å²) in [6, 6.07) is 9.29. The van der Waals surface area contributed by atoms with Gasteiger partial charge in [-0.3, -0.25) is 4.79 Å². The predicted octanol–water partition coefficient (Wildman–Crippen LogP) is 4.15. The van der Waals surface area contributed by atoms with Crippen molar-refractivity contribution in [3.8, 4) is 0 Å². The fourth-order valence-corrected chi connectivity index (χ4v) is 3.03. The third kappa shape index (κ3) is 4.37. The van der Waals surface area contributed by atoms with Crippen molar-refractivity contribution in [2.75, 3.05) is 11.9 Å². The first-order chi connectivity index (χ1) is 12.0. The summed E-state index contributed by atoms with van der Waals surface area (Å²) in [4.78, 5) is 24.0. The number of benzene rings is 2. The van der Waals surface area contributed by atoms with Crippen molar-refractivity contribution in [2.24, 2.45) is 0 Å². The number of rotatable bonds is 4. The maximum Gasteiger partial charge on any atom is 0.338 e. The van der Waals surface area contributed by atoms with Crippen molar-refractivity contribution in [3.63, 3.8) is 0 Å². The lowest BCUT2D eigenvalue weighted by Crippen LogP contribution is -2.21. The number of aryl methyl sites for hydroxylation is 2. The largest absolute Gasteiger partial charge is 0.452 e. The number of esters is 1. The maximum absolute atomic E-state index is 13.6. The van der Waals surface area contributed by atoms with Gasteiger partial charge in [-0.05, 0) is 67.1 Å². The number of halogens is 2. The van der Waals surface area contributed by atoms with E-state index in [1.165, 1.54) is 17.7 Å². The van der Waals surface area contributed by atoms with E-state index in [9.17, 15) is 14.0 Å². The minimum atomic E-state index is -0.632. The fourth-order valence-electron chi connectivity index (χ4n) is 2.85. The number of amides is 1. The van der Waals surface area contributed by atoms with Crippen LogP contribution in [0.1, 0.15) is 34.3 Å². The molecule has 0 heterocycles. The monoisotopic (exact) mass is 361 g/mol. The molecule has 0 atom stereocenters. The quantitative estimate of drug-likeness (QED) is 0.832. The fraction of sp³-hybridized carbons (Fsp3) is 0.263. The molecule has 0 saturated carbocycles. The van der Waals surface area contributed by atoms with Crippen LogP contribution in [0.5, 0.6) is 0 Å². The standard InChI is InChI=1S/C19H17ClFNO3/c20-15-7-8-16(21)17(10-15)22-18(23)11-25-19(24)14-6-5-12-3-1-2-4-13(12)9-14/h5-10H,1-4,11H2,(H,22,23). The SMILES string of the molecule is O=C(COC(=O)c1ccc2c(c1)CCCC2)Nc1cc(Cl)ccc1F. The molecule has 2 aromatic rings. The van der Waals surface area contributed by atoms with Crippen LogP contribution in [-0.2, 0) is 22.4 Å². The predicted molar refractivity (Wildman–Crippen MR) is 93.4 cm³/mol. The van der Waals surface area contributed by atoms with Crippen molar-refractivity contribution < 1.29 is 18.7 Å². The van der Waals surface area contributed by atoms with Crippen LogP contribution >= 0.6 is 11.6 Å². The number of fused-ring (bicyclic) bond motifs is 1. The van der Waals surface area contributed by atoms with E-state index >= 15 is 0 Å². The number of anilines is 1. The Kier molecular flexibility index (Phi) is 5.34. The molecular weight excluding hydrogens is 345 g/mol. The van der Waals surface area contributed by atoms with Gasteiger partial charge in [0, 0.05) is 5.02 Å². The van der Waals surface area contributed by atoms with Gasteiger partial charge in [-0.15, -0.1) is 0 Å². The summed E-state index contributed by atoms with van der Waals surface area (Å²) in [7, 11) is 0. The molecule has 0 saturated heterocycles. The molecule has 2 aromatic carbocycles. The molecule has 1 amide bonds.